The molecule has 0 aliphatic rings. The van der Waals surface area contributed by atoms with Gasteiger partial charge in [0, 0.05) is 25.9 Å². The summed E-state index contributed by atoms with van der Waals surface area (Å²) in [5.41, 5.74) is 6.87. The van der Waals surface area contributed by atoms with Crippen molar-refractivity contribution in [3.05, 3.63) is 30.3 Å². The van der Waals surface area contributed by atoms with Gasteiger partial charge in [0.2, 0.25) is 0 Å². The molecule has 0 saturated carbocycles. The van der Waals surface area contributed by atoms with Crippen molar-refractivity contribution in [2.75, 3.05) is 31.7 Å². The van der Waals surface area contributed by atoms with Gasteiger partial charge in [-0.1, -0.05) is 18.2 Å². The Morgan fingerprint density at radius 3 is 2.44 bits per heavy atom. The van der Waals surface area contributed by atoms with Gasteiger partial charge in [-0.2, -0.15) is 0 Å². The second-order valence-corrected chi connectivity index (χ2v) is 4.23. The molecular formula is C13H22N2O. The molecule has 0 radical (unpaired) electrons. The first-order valence-electron chi connectivity index (χ1n) is 5.70. The quantitative estimate of drug-likeness (QED) is 0.798. The van der Waals surface area contributed by atoms with Gasteiger partial charge in [0.05, 0.1) is 12.1 Å². The summed E-state index contributed by atoms with van der Waals surface area (Å²) in [7, 11) is 2.06. The maximum Gasteiger partial charge on any atom is 0.0725 e. The van der Waals surface area contributed by atoms with Gasteiger partial charge in [0.25, 0.3) is 0 Å². The third-order valence-corrected chi connectivity index (χ3v) is 3.01. The van der Waals surface area contributed by atoms with Crippen LogP contribution in [0.3, 0.4) is 0 Å². The van der Waals surface area contributed by atoms with Crippen molar-refractivity contribution in [2.45, 2.75) is 19.4 Å². The first-order chi connectivity index (χ1) is 7.64. The molecule has 0 aliphatic heterocycles. The zero-order valence-electron chi connectivity index (χ0n) is 10.4. The maximum absolute atomic E-state index is 5.86. The summed E-state index contributed by atoms with van der Waals surface area (Å²) in [6.45, 7) is 6.05. The molecule has 0 spiro atoms. The molecule has 1 aromatic carbocycles. The van der Waals surface area contributed by atoms with E-state index in [1.165, 1.54) is 0 Å². The van der Waals surface area contributed by atoms with E-state index in [0.29, 0.717) is 13.2 Å². The Labute approximate surface area is 98.2 Å². The summed E-state index contributed by atoms with van der Waals surface area (Å²) in [5, 5.41) is 0. The molecule has 1 unspecified atom stereocenters. The van der Waals surface area contributed by atoms with Crippen LogP contribution in [-0.4, -0.2) is 32.3 Å². The van der Waals surface area contributed by atoms with E-state index in [9.17, 15) is 0 Å². The molecule has 1 atom stereocenters. The molecule has 90 valence electrons. The number of hydrogen-bond acceptors (Lipinski definition) is 3. The van der Waals surface area contributed by atoms with E-state index in [1.807, 2.05) is 25.1 Å². The monoisotopic (exact) mass is 222 g/mol. The number of nitrogens with two attached hydrogens (primary N) is 1. The molecular weight excluding hydrogens is 200 g/mol. The highest BCUT2D eigenvalue weighted by Crippen LogP contribution is 2.21. The summed E-state index contributed by atoms with van der Waals surface area (Å²) >= 11 is 0. The van der Waals surface area contributed by atoms with Crippen molar-refractivity contribution in [3.63, 3.8) is 0 Å². The third kappa shape index (κ3) is 2.97. The molecule has 0 saturated heterocycles. The first-order valence-corrected chi connectivity index (χ1v) is 5.70. The summed E-state index contributed by atoms with van der Waals surface area (Å²) in [5.74, 6) is 0. The van der Waals surface area contributed by atoms with Crippen LogP contribution in [-0.2, 0) is 4.74 Å². The SMILES string of the molecule is CCOCC(C)(CN)N(C)c1ccccc1. The topological polar surface area (TPSA) is 38.5 Å². The molecule has 0 aliphatic carbocycles. The summed E-state index contributed by atoms with van der Waals surface area (Å²) in [4.78, 5) is 2.18. The van der Waals surface area contributed by atoms with Gasteiger partial charge in [-0.05, 0) is 26.0 Å². The predicted molar refractivity (Wildman–Crippen MR) is 68.8 cm³/mol. The Bertz CT molecular complexity index is 302. The van der Waals surface area contributed by atoms with Gasteiger partial charge < -0.3 is 15.4 Å². The van der Waals surface area contributed by atoms with E-state index in [2.05, 4.69) is 31.0 Å². The predicted octanol–water partition coefficient (Wildman–Crippen LogP) is 1.88. The minimum atomic E-state index is -0.155. The molecule has 2 N–H and O–H groups in total. The fourth-order valence-corrected chi connectivity index (χ4v) is 1.58. The Balaban J connectivity index is 2.79. The number of nitrogens with zero attached hydrogens (tertiary/aromatic N) is 1. The van der Waals surface area contributed by atoms with Crippen molar-refractivity contribution in [1.29, 1.82) is 0 Å². The van der Waals surface area contributed by atoms with E-state index >= 15 is 0 Å². The van der Waals surface area contributed by atoms with Crippen LogP contribution >= 0.6 is 0 Å². The van der Waals surface area contributed by atoms with Gasteiger partial charge in [0.15, 0.2) is 0 Å². The Hall–Kier alpha value is -1.06. The average Bonchev–Trinajstić information content (AvgIpc) is 2.36. The largest absolute Gasteiger partial charge is 0.379 e. The average molecular weight is 222 g/mol. The molecule has 3 nitrogen and oxygen atoms in total. The number of likely N-dealkylation sites (N-methyl/N-ethyl adjacent to an activating group) is 1. The van der Waals surface area contributed by atoms with Gasteiger partial charge in [-0.25, -0.2) is 0 Å². The molecule has 0 amide bonds. The standard InChI is InChI=1S/C13H22N2O/c1-4-16-11-13(2,10-14)15(3)12-8-6-5-7-9-12/h5-9H,4,10-11,14H2,1-3H3. The molecule has 16 heavy (non-hydrogen) atoms. The van der Waals surface area contributed by atoms with Crippen molar-refractivity contribution >= 4 is 5.69 Å². The van der Waals surface area contributed by atoms with Crippen molar-refractivity contribution in [1.82, 2.24) is 0 Å². The van der Waals surface area contributed by atoms with Crippen LogP contribution in [0.25, 0.3) is 0 Å². The highest BCUT2D eigenvalue weighted by molar-refractivity contribution is 5.48. The lowest BCUT2D eigenvalue weighted by Crippen LogP contribution is -2.53. The second-order valence-electron chi connectivity index (χ2n) is 4.23. The normalized spacial score (nSPS) is 14.5. The van der Waals surface area contributed by atoms with Crippen molar-refractivity contribution in [3.8, 4) is 0 Å². The second kappa shape index (κ2) is 5.87. The molecule has 0 bridgehead atoms. The van der Waals surface area contributed by atoms with Crippen LogP contribution in [0.4, 0.5) is 5.69 Å². The first kappa shape index (κ1) is 13.0. The summed E-state index contributed by atoms with van der Waals surface area (Å²) in [6.07, 6.45) is 0. The van der Waals surface area contributed by atoms with Crippen LogP contribution in [0.15, 0.2) is 30.3 Å². The Morgan fingerprint density at radius 1 is 1.31 bits per heavy atom. The molecule has 3 heteroatoms. The smallest absolute Gasteiger partial charge is 0.0725 e. The van der Waals surface area contributed by atoms with E-state index in [4.69, 9.17) is 10.5 Å². The number of hydrogen-bond donors (Lipinski definition) is 1. The van der Waals surface area contributed by atoms with E-state index in [1.54, 1.807) is 0 Å². The molecule has 1 rings (SSSR count). The number of ether oxygens (including phenoxy) is 1. The van der Waals surface area contributed by atoms with Gasteiger partial charge in [-0.3, -0.25) is 0 Å². The fourth-order valence-electron chi connectivity index (χ4n) is 1.58. The van der Waals surface area contributed by atoms with Crippen LogP contribution in [0, 0.1) is 0 Å². The van der Waals surface area contributed by atoms with Crippen molar-refractivity contribution in [2.24, 2.45) is 5.73 Å². The van der Waals surface area contributed by atoms with Gasteiger partial charge in [-0.15, -0.1) is 0 Å². The number of rotatable bonds is 6. The molecule has 0 aromatic heterocycles. The van der Waals surface area contributed by atoms with Crippen LogP contribution in [0.5, 0.6) is 0 Å². The number of anilines is 1. The van der Waals surface area contributed by atoms with Crippen molar-refractivity contribution < 1.29 is 4.74 Å². The summed E-state index contributed by atoms with van der Waals surface area (Å²) < 4.78 is 5.51. The van der Waals surface area contributed by atoms with Crippen LogP contribution in [0.1, 0.15) is 13.8 Å². The minimum absolute atomic E-state index is 0.155. The van der Waals surface area contributed by atoms with Gasteiger partial charge >= 0.3 is 0 Å². The number of para-hydroxylation sites is 1. The van der Waals surface area contributed by atoms with Crippen LogP contribution < -0.4 is 10.6 Å². The van der Waals surface area contributed by atoms with E-state index < -0.39 is 0 Å². The lowest BCUT2D eigenvalue weighted by Gasteiger charge is -2.39. The zero-order valence-corrected chi connectivity index (χ0v) is 10.4. The molecule has 1 aromatic rings. The minimum Gasteiger partial charge on any atom is -0.379 e. The highest BCUT2D eigenvalue weighted by Gasteiger charge is 2.28. The summed E-state index contributed by atoms with van der Waals surface area (Å²) in [6, 6.07) is 10.2. The number of benzene rings is 1. The third-order valence-electron chi connectivity index (χ3n) is 3.01. The fraction of sp³-hybridized carbons (Fsp3) is 0.538. The van der Waals surface area contributed by atoms with E-state index in [-0.39, 0.29) is 5.54 Å². The Morgan fingerprint density at radius 2 is 1.94 bits per heavy atom. The van der Waals surface area contributed by atoms with E-state index in [0.717, 1.165) is 12.3 Å². The zero-order chi connectivity index (χ0) is 12.0. The maximum atomic E-state index is 5.86. The van der Waals surface area contributed by atoms with Crippen LogP contribution in [0.2, 0.25) is 0 Å². The molecule has 0 fully saturated rings. The Kier molecular flexibility index (Phi) is 4.77. The lowest BCUT2D eigenvalue weighted by molar-refractivity contribution is 0.102. The lowest BCUT2D eigenvalue weighted by atomic mass is 10.0. The van der Waals surface area contributed by atoms with Gasteiger partial charge in [0.1, 0.15) is 0 Å². The molecule has 0 heterocycles. The highest BCUT2D eigenvalue weighted by atomic mass is 16.5.